The number of aromatic nitrogens is 1. The Labute approximate surface area is 130 Å². The summed E-state index contributed by atoms with van der Waals surface area (Å²) in [6.07, 6.45) is 2.98. The van der Waals surface area contributed by atoms with Crippen LogP contribution in [-0.4, -0.2) is 42.5 Å². The molecule has 0 aromatic carbocycles. The van der Waals surface area contributed by atoms with Gasteiger partial charge in [-0.1, -0.05) is 6.07 Å². The van der Waals surface area contributed by atoms with Crippen LogP contribution < -0.4 is 4.90 Å². The molecule has 0 aliphatic heterocycles. The summed E-state index contributed by atoms with van der Waals surface area (Å²) in [4.78, 5) is 8.95. The van der Waals surface area contributed by atoms with E-state index in [9.17, 15) is 0 Å². The fourth-order valence-corrected chi connectivity index (χ4v) is 2.59. The molecule has 2 rings (SSSR count). The van der Waals surface area contributed by atoms with Crippen LogP contribution in [0.1, 0.15) is 6.42 Å². The summed E-state index contributed by atoms with van der Waals surface area (Å²) < 4.78 is 0. The van der Waals surface area contributed by atoms with Crippen LogP contribution in [0.25, 0.3) is 0 Å². The van der Waals surface area contributed by atoms with Crippen molar-refractivity contribution in [3.8, 4) is 0 Å². The van der Waals surface area contributed by atoms with Crippen LogP contribution in [0.3, 0.4) is 0 Å². The van der Waals surface area contributed by atoms with Gasteiger partial charge in [-0.25, -0.2) is 4.98 Å². The van der Waals surface area contributed by atoms with Gasteiger partial charge in [0, 0.05) is 12.7 Å². The monoisotopic (exact) mass is 315 g/mol. The lowest BCUT2D eigenvalue weighted by atomic mass is 10.3. The van der Waals surface area contributed by atoms with Gasteiger partial charge in [-0.05, 0) is 56.7 Å². The minimum Gasteiger partial charge on any atom is -0.412 e. The highest BCUT2D eigenvalue weighted by atomic mass is 35.5. The van der Waals surface area contributed by atoms with Crippen LogP contribution >= 0.6 is 23.7 Å². The van der Waals surface area contributed by atoms with Gasteiger partial charge >= 0.3 is 0 Å². The molecular formula is C14H22ClN3OS. The Morgan fingerprint density at radius 1 is 1.10 bits per heavy atom. The van der Waals surface area contributed by atoms with Gasteiger partial charge in [0.2, 0.25) is 0 Å². The first kappa shape index (κ1) is 18.9. The molecule has 112 valence electrons. The van der Waals surface area contributed by atoms with Crippen LogP contribution in [-0.2, 0) is 0 Å². The number of anilines is 2. The zero-order valence-corrected chi connectivity index (χ0v) is 13.5. The maximum Gasteiger partial charge on any atom is 0.133 e. The highest BCUT2D eigenvalue weighted by Gasteiger charge is 2.10. The number of halogens is 1. The van der Waals surface area contributed by atoms with Crippen LogP contribution in [0.4, 0.5) is 10.8 Å². The Bertz CT molecular complexity index is 451. The van der Waals surface area contributed by atoms with Crippen LogP contribution in [0.2, 0.25) is 0 Å². The van der Waals surface area contributed by atoms with Gasteiger partial charge in [0.05, 0.1) is 5.00 Å². The van der Waals surface area contributed by atoms with E-state index < -0.39 is 0 Å². The average molecular weight is 316 g/mol. The van der Waals surface area contributed by atoms with Crippen molar-refractivity contribution in [2.45, 2.75) is 6.42 Å². The molecule has 2 aromatic heterocycles. The van der Waals surface area contributed by atoms with Crippen molar-refractivity contribution < 1.29 is 5.48 Å². The quantitative estimate of drug-likeness (QED) is 0.823. The van der Waals surface area contributed by atoms with Crippen LogP contribution in [0.5, 0.6) is 0 Å². The second-order valence-electron chi connectivity index (χ2n) is 4.45. The molecule has 0 aliphatic rings. The van der Waals surface area contributed by atoms with Crippen molar-refractivity contribution >= 4 is 34.6 Å². The van der Waals surface area contributed by atoms with Crippen molar-refractivity contribution in [3.63, 3.8) is 0 Å². The summed E-state index contributed by atoms with van der Waals surface area (Å²) >= 11 is 1.76. The lowest BCUT2D eigenvalue weighted by molar-refractivity contribution is 0.402. The maximum atomic E-state index is 4.45. The average Bonchev–Trinajstić information content (AvgIpc) is 2.89. The SMILES string of the molecule is CN(C)CCCN(c1ccccn1)c1cccs1.Cl.O. The number of thiophene rings is 1. The molecule has 0 spiro atoms. The summed E-state index contributed by atoms with van der Waals surface area (Å²) in [5.74, 6) is 1.03. The lowest BCUT2D eigenvalue weighted by Crippen LogP contribution is -2.23. The van der Waals surface area contributed by atoms with Gasteiger partial charge in [0.1, 0.15) is 5.82 Å². The highest BCUT2D eigenvalue weighted by Crippen LogP contribution is 2.27. The summed E-state index contributed by atoms with van der Waals surface area (Å²) in [5, 5.41) is 3.37. The molecule has 2 heterocycles. The Kier molecular flexibility index (Phi) is 9.16. The predicted molar refractivity (Wildman–Crippen MR) is 89.6 cm³/mol. The fourth-order valence-electron chi connectivity index (χ4n) is 1.82. The van der Waals surface area contributed by atoms with E-state index in [-0.39, 0.29) is 17.9 Å². The van der Waals surface area contributed by atoms with E-state index in [0.717, 1.165) is 25.3 Å². The molecule has 0 aliphatic carbocycles. The summed E-state index contributed by atoms with van der Waals surface area (Å²) in [5.41, 5.74) is 0. The Morgan fingerprint density at radius 2 is 1.90 bits per heavy atom. The van der Waals surface area contributed by atoms with Crippen LogP contribution in [0.15, 0.2) is 41.9 Å². The molecule has 0 saturated carbocycles. The van der Waals surface area contributed by atoms with Crippen molar-refractivity contribution in [2.75, 3.05) is 32.1 Å². The third-order valence-electron chi connectivity index (χ3n) is 2.69. The minimum atomic E-state index is 0. The Balaban J connectivity index is 0.00000180. The molecule has 0 fully saturated rings. The Morgan fingerprint density at radius 3 is 2.45 bits per heavy atom. The largest absolute Gasteiger partial charge is 0.412 e. The van der Waals surface area contributed by atoms with Crippen molar-refractivity contribution in [2.24, 2.45) is 0 Å². The van der Waals surface area contributed by atoms with E-state index in [0.29, 0.717) is 0 Å². The zero-order valence-electron chi connectivity index (χ0n) is 11.8. The van der Waals surface area contributed by atoms with Gasteiger partial charge < -0.3 is 15.3 Å². The summed E-state index contributed by atoms with van der Waals surface area (Å²) in [6.45, 7) is 2.09. The van der Waals surface area contributed by atoms with Crippen molar-refractivity contribution in [3.05, 3.63) is 41.9 Å². The molecule has 0 unspecified atom stereocenters. The molecule has 4 nitrogen and oxygen atoms in total. The van der Waals surface area contributed by atoms with Crippen molar-refractivity contribution in [1.29, 1.82) is 0 Å². The van der Waals surface area contributed by atoms with Gasteiger partial charge in [-0.3, -0.25) is 0 Å². The van der Waals surface area contributed by atoms with E-state index in [1.807, 2.05) is 18.3 Å². The van der Waals surface area contributed by atoms with Crippen molar-refractivity contribution in [1.82, 2.24) is 9.88 Å². The smallest absolute Gasteiger partial charge is 0.133 e. The molecule has 0 radical (unpaired) electrons. The highest BCUT2D eigenvalue weighted by molar-refractivity contribution is 7.14. The molecule has 0 saturated heterocycles. The molecule has 2 aromatic rings. The second-order valence-corrected chi connectivity index (χ2v) is 5.37. The first-order chi connectivity index (χ1) is 8.77. The number of hydrogen-bond donors (Lipinski definition) is 0. The fraction of sp³-hybridized carbons (Fsp3) is 0.357. The molecule has 2 N–H and O–H groups in total. The first-order valence-electron chi connectivity index (χ1n) is 6.14. The third-order valence-corrected chi connectivity index (χ3v) is 3.58. The second kappa shape index (κ2) is 9.72. The van der Waals surface area contributed by atoms with Gasteiger partial charge in [0.25, 0.3) is 0 Å². The van der Waals surface area contributed by atoms with E-state index in [1.165, 1.54) is 5.00 Å². The number of hydrogen-bond acceptors (Lipinski definition) is 4. The van der Waals surface area contributed by atoms with E-state index in [4.69, 9.17) is 0 Å². The number of nitrogens with zero attached hydrogens (tertiary/aromatic N) is 3. The third kappa shape index (κ3) is 5.46. The number of rotatable bonds is 6. The molecule has 20 heavy (non-hydrogen) atoms. The van der Waals surface area contributed by atoms with Gasteiger partial charge in [-0.15, -0.1) is 23.7 Å². The van der Waals surface area contributed by atoms with E-state index >= 15 is 0 Å². The standard InChI is InChI=1S/C14H19N3S.ClH.H2O/c1-16(2)10-6-11-17(14-8-5-12-18-14)13-7-3-4-9-15-13;;/h3-5,7-9,12H,6,10-11H2,1-2H3;1H;1H2. The molecule has 0 bridgehead atoms. The lowest BCUT2D eigenvalue weighted by Gasteiger charge is -2.22. The zero-order chi connectivity index (χ0) is 12.8. The minimum absolute atomic E-state index is 0. The molecule has 0 amide bonds. The topological polar surface area (TPSA) is 50.9 Å². The number of pyridine rings is 1. The van der Waals surface area contributed by atoms with E-state index in [2.05, 4.69) is 52.5 Å². The van der Waals surface area contributed by atoms with E-state index in [1.54, 1.807) is 11.3 Å². The first-order valence-corrected chi connectivity index (χ1v) is 7.02. The van der Waals surface area contributed by atoms with Crippen LogP contribution in [0, 0.1) is 0 Å². The van der Waals surface area contributed by atoms with Gasteiger partial charge in [0.15, 0.2) is 0 Å². The molecule has 0 atom stereocenters. The molecular weight excluding hydrogens is 294 g/mol. The summed E-state index contributed by atoms with van der Waals surface area (Å²) in [6, 6.07) is 10.3. The Hall–Kier alpha value is -1.14. The predicted octanol–water partition coefficient (Wildman–Crippen LogP) is 2.83. The van der Waals surface area contributed by atoms with Gasteiger partial charge in [-0.2, -0.15) is 0 Å². The summed E-state index contributed by atoms with van der Waals surface area (Å²) in [7, 11) is 4.21. The molecule has 6 heteroatoms. The normalized spacial score (nSPS) is 9.75. The maximum absolute atomic E-state index is 4.45.